The minimum absolute atomic E-state index is 0.0659. The molecular weight excluding hydrogens is 268 g/mol. The number of rotatable bonds is 3. The van der Waals surface area contributed by atoms with E-state index in [0.29, 0.717) is 23.5 Å². The van der Waals surface area contributed by atoms with Crippen LogP contribution in [0.2, 0.25) is 0 Å². The number of furan rings is 1. The molecule has 106 valence electrons. The Labute approximate surface area is 112 Å². The molecule has 2 heterocycles. The van der Waals surface area contributed by atoms with Crippen LogP contribution in [0.1, 0.15) is 42.4 Å². The van der Waals surface area contributed by atoms with E-state index in [9.17, 15) is 18.3 Å². The lowest BCUT2D eigenvalue weighted by molar-refractivity contribution is -0.139. The van der Waals surface area contributed by atoms with Gasteiger partial charge in [0.2, 0.25) is 0 Å². The molecule has 0 aliphatic carbocycles. The molecule has 0 radical (unpaired) electrons. The summed E-state index contributed by atoms with van der Waals surface area (Å²) in [6, 6.07) is 0. The summed E-state index contributed by atoms with van der Waals surface area (Å²) < 4.78 is 28.7. The molecule has 0 fully saturated rings. The second-order valence-corrected chi connectivity index (χ2v) is 7.56. The Morgan fingerprint density at radius 1 is 1.37 bits per heavy atom. The summed E-state index contributed by atoms with van der Waals surface area (Å²) in [5.41, 5.74) is 1.46. The summed E-state index contributed by atoms with van der Waals surface area (Å²) in [6.07, 6.45) is 0.348. The Balaban J connectivity index is 2.54. The molecule has 0 spiro atoms. The molecule has 0 saturated heterocycles. The lowest BCUT2D eigenvalue weighted by atomic mass is 9.85. The summed E-state index contributed by atoms with van der Waals surface area (Å²) in [6.45, 7) is 5.40. The van der Waals surface area contributed by atoms with Crippen LogP contribution in [0.15, 0.2) is 4.42 Å². The number of carboxylic acid groups (broad SMARTS) is 1. The van der Waals surface area contributed by atoms with Crippen molar-refractivity contribution in [2.75, 3.05) is 5.75 Å². The van der Waals surface area contributed by atoms with Crippen molar-refractivity contribution in [2.45, 2.75) is 38.9 Å². The van der Waals surface area contributed by atoms with Gasteiger partial charge in [0.15, 0.2) is 9.84 Å². The normalized spacial score (nSPS) is 19.2. The lowest BCUT2D eigenvalue weighted by Crippen LogP contribution is -2.23. The first-order chi connectivity index (χ1) is 8.73. The first-order valence-electron chi connectivity index (χ1n) is 6.27. The second-order valence-electron chi connectivity index (χ2n) is 5.38. The SMILES string of the molecule is Cc1oc2c(c1C(C(=O)O)C(C)C)CCS(=O)(=O)C2. The van der Waals surface area contributed by atoms with E-state index in [-0.39, 0.29) is 17.4 Å². The quantitative estimate of drug-likeness (QED) is 0.917. The second kappa shape index (κ2) is 4.67. The summed E-state index contributed by atoms with van der Waals surface area (Å²) >= 11 is 0. The highest BCUT2D eigenvalue weighted by Gasteiger charge is 2.35. The molecule has 5 nitrogen and oxygen atoms in total. The fraction of sp³-hybridized carbons (Fsp3) is 0.615. The molecule has 1 aromatic heterocycles. The molecule has 19 heavy (non-hydrogen) atoms. The number of hydrogen-bond donors (Lipinski definition) is 1. The van der Waals surface area contributed by atoms with E-state index in [4.69, 9.17) is 4.42 Å². The number of sulfone groups is 1. The zero-order valence-corrected chi connectivity index (χ0v) is 12.1. The van der Waals surface area contributed by atoms with Crippen LogP contribution in [-0.2, 0) is 26.8 Å². The third-order valence-corrected chi connectivity index (χ3v) is 5.10. The average molecular weight is 286 g/mol. The van der Waals surface area contributed by atoms with E-state index in [2.05, 4.69) is 0 Å². The smallest absolute Gasteiger partial charge is 0.311 e. The predicted octanol–water partition coefficient (Wildman–Crippen LogP) is 1.88. The Bertz CT molecular complexity index is 609. The van der Waals surface area contributed by atoms with Gasteiger partial charge in [-0.15, -0.1) is 0 Å². The van der Waals surface area contributed by atoms with Crippen molar-refractivity contribution >= 4 is 15.8 Å². The van der Waals surface area contributed by atoms with Gasteiger partial charge >= 0.3 is 5.97 Å². The van der Waals surface area contributed by atoms with Gasteiger partial charge in [0, 0.05) is 5.56 Å². The van der Waals surface area contributed by atoms with E-state index in [0.717, 1.165) is 5.56 Å². The van der Waals surface area contributed by atoms with Gasteiger partial charge in [-0.1, -0.05) is 13.8 Å². The van der Waals surface area contributed by atoms with Gasteiger partial charge in [-0.2, -0.15) is 0 Å². The minimum Gasteiger partial charge on any atom is -0.481 e. The van der Waals surface area contributed by atoms with E-state index >= 15 is 0 Å². The van der Waals surface area contributed by atoms with Crippen molar-refractivity contribution in [1.29, 1.82) is 0 Å². The highest BCUT2D eigenvalue weighted by molar-refractivity contribution is 7.90. The minimum atomic E-state index is -3.11. The Morgan fingerprint density at radius 3 is 2.53 bits per heavy atom. The first-order valence-corrected chi connectivity index (χ1v) is 8.09. The number of carbonyl (C=O) groups is 1. The largest absolute Gasteiger partial charge is 0.481 e. The van der Waals surface area contributed by atoms with Gasteiger partial charge in [0.1, 0.15) is 17.3 Å². The summed E-state index contributed by atoms with van der Waals surface area (Å²) in [5.74, 6) is -0.710. The summed E-state index contributed by atoms with van der Waals surface area (Å²) in [7, 11) is -3.11. The van der Waals surface area contributed by atoms with Gasteiger partial charge in [0.25, 0.3) is 0 Å². The van der Waals surface area contributed by atoms with Crippen LogP contribution in [-0.4, -0.2) is 25.2 Å². The van der Waals surface area contributed by atoms with Gasteiger partial charge in [-0.25, -0.2) is 8.42 Å². The van der Waals surface area contributed by atoms with E-state index in [1.165, 1.54) is 0 Å². The van der Waals surface area contributed by atoms with Gasteiger partial charge in [-0.05, 0) is 24.8 Å². The van der Waals surface area contributed by atoms with Crippen LogP contribution in [0, 0.1) is 12.8 Å². The van der Waals surface area contributed by atoms with Gasteiger partial charge in [0.05, 0.1) is 11.7 Å². The van der Waals surface area contributed by atoms with Crippen LogP contribution in [0.4, 0.5) is 0 Å². The van der Waals surface area contributed by atoms with Gasteiger partial charge in [-0.3, -0.25) is 4.79 Å². The molecule has 1 aliphatic heterocycles. The molecule has 2 rings (SSSR count). The van der Waals surface area contributed by atoms with Crippen LogP contribution in [0.25, 0.3) is 0 Å². The van der Waals surface area contributed by atoms with Crippen molar-refractivity contribution in [3.05, 3.63) is 22.6 Å². The third-order valence-electron chi connectivity index (χ3n) is 3.58. The molecule has 1 aromatic rings. The lowest BCUT2D eigenvalue weighted by Gasteiger charge is -2.19. The molecule has 1 N–H and O–H groups in total. The molecule has 1 unspecified atom stereocenters. The Hall–Kier alpha value is -1.30. The van der Waals surface area contributed by atoms with Crippen molar-refractivity contribution in [1.82, 2.24) is 0 Å². The van der Waals surface area contributed by atoms with Crippen LogP contribution in [0.5, 0.6) is 0 Å². The van der Waals surface area contributed by atoms with E-state index < -0.39 is 21.7 Å². The van der Waals surface area contributed by atoms with Crippen LogP contribution in [0.3, 0.4) is 0 Å². The van der Waals surface area contributed by atoms with Crippen molar-refractivity contribution in [2.24, 2.45) is 5.92 Å². The zero-order chi connectivity index (χ0) is 14.4. The molecule has 0 aromatic carbocycles. The van der Waals surface area contributed by atoms with E-state index in [1.807, 2.05) is 13.8 Å². The van der Waals surface area contributed by atoms with Crippen molar-refractivity contribution in [3.8, 4) is 0 Å². The Morgan fingerprint density at radius 2 is 2.00 bits per heavy atom. The molecule has 0 bridgehead atoms. The first kappa shape index (κ1) is 14.1. The number of fused-ring (bicyclic) bond motifs is 1. The number of hydrogen-bond acceptors (Lipinski definition) is 4. The molecule has 6 heteroatoms. The fourth-order valence-corrected chi connectivity index (χ4v) is 4.02. The predicted molar refractivity (Wildman–Crippen MR) is 69.9 cm³/mol. The third kappa shape index (κ3) is 2.54. The summed E-state index contributed by atoms with van der Waals surface area (Å²) in [5, 5.41) is 9.38. The highest BCUT2D eigenvalue weighted by Crippen LogP contribution is 2.37. The number of aryl methyl sites for hydroxylation is 1. The molecule has 0 saturated carbocycles. The molecular formula is C13H18O5S. The maximum absolute atomic E-state index is 11.6. The summed E-state index contributed by atoms with van der Waals surface area (Å²) in [4.78, 5) is 11.4. The van der Waals surface area contributed by atoms with Crippen molar-refractivity contribution < 1.29 is 22.7 Å². The van der Waals surface area contributed by atoms with Gasteiger partial charge < -0.3 is 9.52 Å². The number of carboxylic acids is 1. The number of aliphatic carboxylic acids is 1. The van der Waals surface area contributed by atoms with E-state index in [1.54, 1.807) is 6.92 Å². The highest BCUT2D eigenvalue weighted by atomic mass is 32.2. The van der Waals surface area contributed by atoms with Crippen molar-refractivity contribution in [3.63, 3.8) is 0 Å². The topological polar surface area (TPSA) is 84.6 Å². The van der Waals surface area contributed by atoms with Crippen LogP contribution < -0.4 is 0 Å². The molecule has 1 aliphatic rings. The monoisotopic (exact) mass is 286 g/mol. The maximum atomic E-state index is 11.6. The standard InChI is InChI=1S/C13H18O5S/c1-7(2)11(13(14)15)12-8(3)18-10-6-19(16,17)5-4-9(10)12/h7,11H,4-6H2,1-3H3,(H,14,15). The zero-order valence-electron chi connectivity index (χ0n) is 11.3. The Kier molecular flexibility index (Phi) is 3.47. The average Bonchev–Trinajstić information content (AvgIpc) is 2.52. The maximum Gasteiger partial charge on any atom is 0.311 e. The fourth-order valence-electron chi connectivity index (χ4n) is 2.73. The molecule has 0 amide bonds. The molecule has 1 atom stereocenters. The van der Waals surface area contributed by atoms with Crippen LogP contribution >= 0.6 is 0 Å².